The van der Waals surface area contributed by atoms with Crippen LogP contribution in [0.3, 0.4) is 0 Å². The Labute approximate surface area is 127 Å². The Balaban J connectivity index is 3.12. The molecule has 0 spiro atoms. The highest BCUT2D eigenvalue weighted by atomic mass is 32.2. The SMILES string of the molecule is COCC(C)N(C)S(=O)(=O)c1ccc(C#CCN)c(C)c1. The van der Waals surface area contributed by atoms with Crippen molar-refractivity contribution in [1.29, 1.82) is 0 Å². The molecule has 0 saturated carbocycles. The predicted octanol–water partition coefficient (Wildman–Crippen LogP) is 0.961. The molecular weight excluding hydrogens is 288 g/mol. The molecule has 116 valence electrons. The number of hydrogen-bond donors (Lipinski definition) is 1. The second kappa shape index (κ2) is 7.57. The fourth-order valence-corrected chi connectivity index (χ4v) is 3.27. The van der Waals surface area contributed by atoms with Gasteiger partial charge in [0.1, 0.15) is 0 Å². The van der Waals surface area contributed by atoms with Crippen molar-refractivity contribution in [3.05, 3.63) is 29.3 Å². The van der Waals surface area contributed by atoms with Gasteiger partial charge in [-0.1, -0.05) is 11.8 Å². The minimum absolute atomic E-state index is 0.239. The molecule has 1 atom stereocenters. The van der Waals surface area contributed by atoms with E-state index in [0.29, 0.717) is 6.61 Å². The number of likely N-dealkylation sites (N-methyl/N-ethyl adjacent to an activating group) is 1. The standard InChI is InChI=1S/C15H22N2O3S/c1-12-10-15(8-7-14(12)6-5-9-16)21(18,19)17(3)13(2)11-20-4/h7-8,10,13H,9,11,16H2,1-4H3. The van der Waals surface area contributed by atoms with Gasteiger partial charge in [0.25, 0.3) is 0 Å². The molecule has 0 bridgehead atoms. The Bertz CT molecular complexity index is 645. The van der Waals surface area contributed by atoms with Crippen LogP contribution in [-0.2, 0) is 14.8 Å². The molecule has 2 N–H and O–H groups in total. The Morgan fingerprint density at radius 3 is 2.62 bits per heavy atom. The molecule has 0 amide bonds. The van der Waals surface area contributed by atoms with E-state index in [2.05, 4.69) is 11.8 Å². The van der Waals surface area contributed by atoms with E-state index in [0.717, 1.165) is 11.1 Å². The highest BCUT2D eigenvalue weighted by molar-refractivity contribution is 7.89. The smallest absolute Gasteiger partial charge is 0.243 e. The van der Waals surface area contributed by atoms with Crippen LogP contribution in [0.25, 0.3) is 0 Å². The van der Waals surface area contributed by atoms with Crippen molar-refractivity contribution in [3.63, 3.8) is 0 Å². The lowest BCUT2D eigenvalue weighted by atomic mass is 10.1. The molecule has 0 radical (unpaired) electrons. The third-order valence-corrected chi connectivity index (χ3v) is 5.20. The van der Waals surface area contributed by atoms with Gasteiger partial charge in [0.2, 0.25) is 10.0 Å². The van der Waals surface area contributed by atoms with Crippen LogP contribution in [0.4, 0.5) is 0 Å². The van der Waals surface area contributed by atoms with E-state index in [1.807, 2.05) is 6.92 Å². The van der Waals surface area contributed by atoms with Gasteiger partial charge in [-0.3, -0.25) is 0 Å². The molecule has 5 nitrogen and oxygen atoms in total. The molecular formula is C15H22N2O3S. The first-order chi connectivity index (χ1) is 9.84. The summed E-state index contributed by atoms with van der Waals surface area (Å²) >= 11 is 0. The van der Waals surface area contributed by atoms with Crippen LogP contribution in [0.2, 0.25) is 0 Å². The molecule has 1 rings (SSSR count). The number of rotatable bonds is 5. The maximum Gasteiger partial charge on any atom is 0.243 e. The van der Waals surface area contributed by atoms with Gasteiger partial charge >= 0.3 is 0 Å². The van der Waals surface area contributed by atoms with E-state index >= 15 is 0 Å². The van der Waals surface area contributed by atoms with Gasteiger partial charge in [-0.15, -0.1) is 0 Å². The summed E-state index contributed by atoms with van der Waals surface area (Å²) in [6.07, 6.45) is 0. The Morgan fingerprint density at radius 2 is 2.10 bits per heavy atom. The first-order valence-electron chi connectivity index (χ1n) is 6.61. The highest BCUT2D eigenvalue weighted by Gasteiger charge is 2.25. The zero-order valence-electron chi connectivity index (χ0n) is 12.9. The van der Waals surface area contributed by atoms with Crippen LogP contribution in [0.1, 0.15) is 18.1 Å². The van der Waals surface area contributed by atoms with Gasteiger partial charge in [-0.25, -0.2) is 8.42 Å². The summed E-state index contributed by atoms with van der Waals surface area (Å²) < 4.78 is 31.4. The predicted molar refractivity (Wildman–Crippen MR) is 83.4 cm³/mol. The van der Waals surface area contributed by atoms with Crippen molar-refractivity contribution < 1.29 is 13.2 Å². The summed E-state index contributed by atoms with van der Waals surface area (Å²) in [7, 11) is -0.440. The number of methoxy groups -OCH3 is 1. The molecule has 6 heteroatoms. The molecule has 0 aliphatic carbocycles. The number of nitrogens with two attached hydrogens (primary N) is 1. The van der Waals surface area contributed by atoms with Crippen molar-refractivity contribution in [3.8, 4) is 11.8 Å². The van der Waals surface area contributed by atoms with Crippen LogP contribution in [-0.4, -0.2) is 46.1 Å². The maximum atomic E-state index is 12.5. The number of nitrogens with zero attached hydrogens (tertiary/aromatic N) is 1. The van der Waals surface area contributed by atoms with Crippen molar-refractivity contribution >= 4 is 10.0 Å². The molecule has 0 aromatic heterocycles. The summed E-state index contributed by atoms with van der Waals surface area (Å²) in [5.74, 6) is 5.68. The van der Waals surface area contributed by atoms with Crippen molar-refractivity contribution in [2.24, 2.45) is 5.73 Å². The monoisotopic (exact) mass is 310 g/mol. The first kappa shape index (κ1) is 17.7. The summed E-state index contributed by atoms with van der Waals surface area (Å²) in [6.45, 7) is 4.25. The lowest BCUT2D eigenvalue weighted by Crippen LogP contribution is -2.37. The van der Waals surface area contributed by atoms with Gasteiger partial charge in [-0.2, -0.15) is 4.31 Å². The molecule has 0 saturated heterocycles. The number of benzene rings is 1. The van der Waals surface area contributed by atoms with E-state index in [-0.39, 0.29) is 17.5 Å². The van der Waals surface area contributed by atoms with Gasteiger partial charge in [0.05, 0.1) is 18.0 Å². The Kier molecular flexibility index (Phi) is 6.37. The van der Waals surface area contributed by atoms with Crippen molar-refractivity contribution in [2.75, 3.05) is 27.3 Å². The van der Waals surface area contributed by atoms with Crippen LogP contribution >= 0.6 is 0 Å². The average molecular weight is 310 g/mol. The van der Waals surface area contributed by atoms with Gasteiger partial charge < -0.3 is 10.5 Å². The molecule has 0 aliphatic heterocycles. The fourth-order valence-electron chi connectivity index (χ4n) is 1.83. The third-order valence-electron chi connectivity index (χ3n) is 3.23. The number of sulfonamides is 1. The van der Waals surface area contributed by atoms with Crippen molar-refractivity contribution in [2.45, 2.75) is 24.8 Å². The topological polar surface area (TPSA) is 72.6 Å². The van der Waals surface area contributed by atoms with Crippen LogP contribution in [0, 0.1) is 18.8 Å². The van der Waals surface area contributed by atoms with E-state index in [1.54, 1.807) is 39.3 Å². The van der Waals surface area contributed by atoms with Gasteiger partial charge in [-0.05, 0) is 37.6 Å². The second-order valence-electron chi connectivity index (χ2n) is 4.81. The number of aryl methyl sites for hydroxylation is 1. The van der Waals surface area contributed by atoms with Crippen LogP contribution < -0.4 is 5.73 Å². The van der Waals surface area contributed by atoms with Crippen molar-refractivity contribution in [1.82, 2.24) is 4.31 Å². The maximum absolute atomic E-state index is 12.5. The zero-order valence-corrected chi connectivity index (χ0v) is 13.7. The molecule has 0 heterocycles. The van der Waals surface area contributed by atoms with Crippen LogP contribution in [0.15, 0.2) is 23.1 Å². The average Bonchev–Trinajstić information content (AvgIpc) is 2.45. The third kappa shape index (κ3) is 4.29. The quantitative estimate of drug-likeness (QED) is 0.822. The van der Waals surface area contributed by atoms with E-state index < -0.39 is 10.0 Å². The molecule has 0 aliphatic rings. The summed E-state index contributed by atoms with van der Waals surface area (Å²) in [4.78, 5) is 0.253. The molecule has 1 aromatic rings. The fraction of sp³-hybridized carbons (Fsp3) is 0.467. The zero-order chi connectivity index (χ0) is 16.0. The minimum atomic E-state index is -3.54. The first-order valence-corrected chi connectivity index (χ1v) is 8.05. The number of hydrogen-bond acceptors (Lipinski definition) is 4. The van der Waals surface area contributed by atoms with Gasteiger partial charge in [0.15, 0.2) is 0 Å². The minimum Gasteiger partial charge on any atom is -0.383 e. The van der Waals surface area contributed by atoms with E-state index in [9.17, 15) is 8.42 Å². The van der Waals surface area contributed by atoms with E-state index in [1.165, 1.54) is 4.31 Å². The summed E-state index contributed by atoms with van der Waals surface area (Å²) in [6, 6.07) is 4.67. The summed E-state index contributed by atoms with van der Waals surface area (Å²) in [5.41, 5.74) is 6.93. The molecule has 0 fully saturated rings. The second-order valence-corrected chi connectivity index (χ2v) is 6.81. The molecule has 1 aromatic carbocycles. The Morgan fingerprint density at radius 1 is 1.43 bits per heavy atom. The normalized spacial score (nSPS) is 12.9. The molecule has 1 unspecified atom stereocenters. The number of ether oxygens (including phenoxy) is 1. The summed E-state index contributed by atoms with van der Waals surface area (Å²) in [5, 5.41) is 0. The van der Waals surface area contributed by atoms with E-state index in [4.69, 9.17) is 10.5 Å². The van der Waals surface area contributed by atoms with Crippen LogP contribution in [0.5, 0.6) is 0 Å². The molecule has 21 heavy (non-hydrogen) atoms. The Hall–Kier alpha value is -1.39. The lowest BCUT2D eigenvalue weighted by molar-refractivity contribution is 0.149. The lowest BCUT2D eigenvalue weighted by Gasteiger charge is -2.23. The largest absolute Gasteiger partial charge is 0.383 e. The van der Waals surface area contributed by atoms with Gasteiger partial charge in [0, 0.05) is 25.8 Å². The highest BCUT2D eigenvalue weighted by Crippen LogP contribution is 2.19.